The number of methoxy groups -OCH3 is 1. The van der Waals surface area contributed by atoms with E-state index in [4.69, 9.17) is 4.74 Å². The fourth-order valence-electron chi connectivity index (χ4n) is 3.14. The summed E-state index contributed by atoms with van der Waals surface area (Å²) in [6.45, 7) is 3.88. The average Bonchev–Trinajstić information content (AvgIpc) is 2.70. The van der Waals surface area contributed by atoms with E-state index in [0.29, 0.717) is 31.9 Å². The number of ether oxygens (including phenoxy) is 1. The largest absolute Gasteiger partial charge is 0.497 e. The lowest BCUT2D eigenvalue weighted by Gasteiger charge is -2.33. The highest BCUT2D eigenvalue weighted by Crippen LogP contribution is 2.24. The summed E-state index contributed by atoms with van der Waals surface area (Å²) in [5.41, 5.74) is 1.82. The SMILES string of the molecule is COc1ccc(S(=O)(=O)N2CCN(CC(=O)Nc3ccc(C)cc3Br)CC2)cc1. The second-order valence-corrected chi connectivity index (χ2v) is 9.68. The topological polar surface area (TPSA) is 79.0 Å². The summed E-state index contributed by atoms with van der Waals surface area (Å²) in [5.74, 6) is 0.487. The molecule has 7 nitrogen and oxygen atoms in total. The lowest BCUT2D eigenvalue weighted by molar-refractivity contribution is -0.117. The summed E-state index contributed by atoms with van der Waals surface area (Å²) in [4.78, 5) is 14.6. The minimum atomic E-state index is -3.55. The molecule has 9 heteroatoms. The van der Waals surface area contributed by atoms with E-state index in [0.717, 1.165) is 15.7 Å². The second kappa shape index (κ2) is 9.25. The van der Waals surface area contributed by atoms with Gasteiger partial charge in [0.1, 0.15) is 5.75 Å². The lowest BCUT2D eigenvalue weighted by atomic mass is 10.2. The van der Waals surface area contributed by atoms with Gasteiger partial charge in [0.15, 0.2) is 0 Å². The predicted molar refractivity (Wildman–Crippen MR) is 116 cm³/mol. The first-order valence-electron chi connectivity index (χ1n) is 9.22. The van der Waals surface area contributed by atoms with Gasteiger partial charge in [-0.3, -0.25) is 9.69 Å². The second-order valence-electron chi connectivity index (χ2n) is 6.89. The van der Waals surface area contributed by atoms with Crippen molar-refractivity contribution in [3.63, 3.8) is 0 Å². The summed E-state index contributed by atoms with van der Waals surface area (Å²) >= 11 is 3.45. The zero-order valence-electron chi connectivity index (χ0n) is 16.4. The molecule has 3 rings (SSSR count). The Kier molecular flexibility index (Phi) is 6.94. The first-order chi connectivity index (χ1) is 13.8. The van der Waals surface area contributed by atoms with Crippen molar-refractivity contribution in [2.75, 3.05) is 45.2 Å². The van der Waals surface area contributed by atoms with Gasteiger partial charge in [-0.15, -0.1) is 0 Å². The molecular weight excluding hydrogens is 458 g/mol. The summed E-state index contributed by atoms with van der Waals surface area (Å²) in [7, 11) is -2.01. The minimum Gasteiger partial charge on any atom is -0.497 e. The Morgan fingerprint density at radius 2 is 1.76 bits per heavy atom. The highest BCUT2D eigenvalue weighted by Gasteiger charge is 2.29. The van der Waals surface area contributed by atoms with Gasteiger partial charge in [-0.05, 0) is 64.8 Å². The number of halogens is 1. The average molecular weight is 482 g/mol. The third-order valence-corrected chi connectivity index (χ3v) is 7.36. The molecule has 0 atom stereocenters. The van der Waals surface area contributed by atoms with Crippen molar-refractivity contribution in [3.8, 4) is 5.75 Å². The molecule has 2 aromatic carbocycles. The molecule has 0 unspecified atom stereocenters. The van der Waals surface area contributed by atoms with Crippen LogP contribution in [0.2, 0.25) is 0 Å². The van der Waals surface area contributed by atoms with Gasteiger partial charge in [0.05, 0.1) is 24.2 Å². The fraction of sp³-hybridized carbons (Fsp3) is 0.350. The van der Waals surface area contributed by atoms with Crippen molar-refractivity contribution < 1.29 is 17.9 Å². The molecular formula is C20H24BrN3O4S. The van der Waals surface area contributed by atoms with E-state index >= 15 is 0 Å². The maximum absolute atomic E-state index is 12.8. The van der Waals surface area contributed by atoms with Crippen LogP contribution in [0.15, 0.2) is 51.8 Å². The van der Waals surface area contributed by atoms with E-state index in [1.807, 2.05) is 30.0 Å². The number of anilines is 1. The van der Waals surface area contributed by atoms with E-state index in [2.05, 4.69) is 21.2 Å². The van der Waals surface area contributed by atoms with Crippen LogP contribution >= 0.6 is 15.9 Å². The number of carbonyl (C=O) groups excluding carboxylic acids is 1. The monoisotopic (exact) mass is 481 g/mol. The Bertz CT molecular complexity index is 972. The summed E-state index contributed by atoms with van der Waals surface area (Å²) in [6, 6.07) is 12.1. The molecule has 0 bridgehead atoms. The number of nitrogens with one attached hydrogen (secondary N) is 1. The molecule has 1 fully saturated rings. The highest BCUT2D eigenvalue weighted by molar-refractivity contribution is 9.10. The van der Waals surface area contributed by atoms with E-state index < -0.39 is 10.0 Å². The van der Waals surface area contributed by atoms with Gasteiger partial charge in [0, 0.05) is 30.7 Å². The van der Waals surface area contributed by atoms with Crippen molar-refractivity contribution in [2.24, 2.45) is 0 Å². The molecule has 29 heavy (non-hydrogen) atoms. The third-order valence-electron chi connectivity index (χ3n) is 4.79. The van der Waals surface area contributed by atoms with Crippen LogP contribution in [0.1, 0.15) is 5.56 Å². The van der Waals surface area contributed by atoms with E-state index in [1.54, 1.807) is 24.3 Å². The number of rotatable bonds is 6. The van der Waals surface area contributed by atoms with Crippen molar-refractivity contribution in [3.05, 3.63) is 52.5 Å². The molecule has 0 spiro atoms. The summed E-state index contributed by atoms with van der Waals surface area (Å²) in [6.07, 6.45) is 0. The molecule has 1 aliphatic heterocycles. The summed E-state index contributed by atoms with van der Waals surface area (Å²) < 4.78 is 33.0. The number of hydrogen-bond donors (Lipinski definition) is 1. The van der Waals surface area contributed by atoms with E-state index in [1.165, 1.54) is 11.4 Å². The number of aryl methyl sites for hydroxylation is 1. The molecule has 156 valence electrons. The molecule has 1 heterocycles. The standard InChI is InChI=1S/C20H24BrN3O4S/c1-15-3-8-19(18(21)13-15)22-20(25)14-23-9-11-24(12-10-23)29(26,27)17-6-4-16(28-2)5-7-17/h3-8,13H,9-12,14H2,1-2H3,(H,22,25). The lowest BCUT2D eigenvalue weighted by Crippen LogP contribution is -2.50. The van der Waals surface area contributed by atoms with Gasteiger partial charge >= 0.3 is 0 Å². The number of benzene rings is 2. The van der Waals surface area contributed by atoms with Gasteiger partial charge in [-0.1, -0.05) is 6.07 Å². The molecule has 0 aliphatic carbocycles. The molecule has 1 saturated heterocycles. The van der Waals surface area contributed by atoms with E-state index in [9.17, 15) is 13.2 Å². The van der Waals surface area contributed by atoms with Crippen LogP contribution in [0.4, 0.5) is 5.69 Å². The van der Waals surface area contributed by atoms with Crippen molar-refractivity contribution in [1.82, 2.24) is 9.21 Å². The van der Waals surface area contributed by atoms with Crippen molar-refractivity contribution >= 4 is 37.5 Å². The van der Waals surface area contributed by atoms with Crippen LogP contribution in [-0.4, -0.2) is 63.4 Å². The zero-order valence-corrected chi connectivity index (χ0v) is 18.8. The van der Waals surface area contributed by atoms with Gasteiger partial charge in [-0.2, -0.15) is 4.31 Å². The van der Waals surface area contributed by atoms with Crippen LogP contribution in [0.3, 0.4) is 0 Å². The zero-order chi connectivity index (χ0) is 21.0. The molecule has 0 saturated carbocycles. The van der Waals surface area contributed by atoms with Crippen molar-refractivity contribution in [2.45, 2.75) is 11.8 Å². The normalized spacial score (nSPS) is 15.8. The number of nitrogens with zero attached hydrogens (tertiary/aromatic N) is 2. The number of sulfonamides is 1. The van der Waals surface area contributed by atoms with Crippen LogP contribution in [0, 0.1) is 6.92 Å². The minimum absolute atomic E-state index is 0.124. The molecule has 1 amide bonds. The molecule has 0 aromatic heterocycles. The van der Waals surface area contributed by atoms with Crippen LogP contribution in [0.5, 0.6) is 5.75 Å². The maximum Gasteiger partial charge on any atom is 0.243 e. The van der Waals surface area contributed by atoms with Gasteiger partial charge in [0.25, 0.3) is 0 Å². The molecule has 2 aromatic rings. The van der Waals surface area contributed by atoms with E-state index in [-0.39, 0.29) is 17.3 Å². The quantitative estimate of drug-likeness (QED) is 0.685. The highest BCUT2D eigenvalue weighted by atomic mass is 79.9. The Balaban J connectivity index is 1.54. The Morgan fingerprint density at radius 1 is 1.10 bits per heavy atom. The van der Waals surface area contributed by atoms with Crippen molar-refractivity contribution in [1.29, 1.82) is 0 Å². The first kappa shape index (κ1) is 21.8. The number of hydrogen-bond acceptors (Lipinski definition) is 5. The Morgan fingerprint density at radius 3 is 2.34 bits per heavy atom. The fourth-order valence-corrected chi connectivity index (χ4v) is 5.15. The number of amides is 1. The van der Waals surface area contributed by atoms with Crippen LogP contribution in [-0.2, 0) is 14.8 Å². The first-order valence-corrected chi connectivity index (χ1v) is 11.5. The van der Waals surface area contributed by atoms with Crippen LogP contribution < -0.4 is 10.1 Å². The summed E-state index contributed by atoms with van der Waals surface area (Å²) in [5, 5.41) is 2.89. The molecule has 1 aliphatic rings. The number of carbonyl (C=O) groups is 1. The molecule has 0 radical (unpaired) electrons. The number of piperazine rings is 1. The van der Waals surface area contributed by atoms with Gasteiger partial charge < -0.3 is 10.1 Å². The van der Waals surface area contributed by atoms with Gasteiger partial charge in [-0.25, -0.2) is 8.42 Å². The van der Waals surface area contributed by atoms with Crippen LogP contribution in [0.25, 0.3) is 0 Å². The maximum atomic E-state index is 12.8. The Labute approximate surface area is 179 Å². The third kappa shape index (κ3) is 5.36. The van der Waals surface area contributed by atoms with Gasteiger partial charge in [0.2, 0.25) is 15.9 Å². The predicted octanol–water partition coefficient (Wildman–Crippen LogP) is 2.71. The smallest absolute Gasteiger partial charge is 0.243 e. The molecule has 1 N–H and O–H groups in total. The Hall–Kier alpha value is -1.94.